The lowest BCUT2D eigenvalue weighted by molar-refractivity contribution is -0.469. The highest BCUT2D eigenvalue weighted by molar-refractivity contribution is 7.92. The van der Waals surface area contributed by atoms with E-state index in [1.165, 1.54) is 18.3 Å². The second-order valence-electron chi connectivity index (χ2n) is 6.18. The van der Waals surface area contributed by atoms with Crippen molar-refractivity contribution in [1.82, 2.24) is 0 Å². The fourth-order valence-corrected chi connectivity index (χ4v) is 3.73. The van der Waals surface area contributed by atoms with Gasteiger partial charge in [0.05, 0.1) is 10.6 Å². The van der Waals surface area contributed by atoms with Gasteiger partial charge in [0, 0.05) is 11.1 Å². The molecule has 1 N–H and O–H groups in total. The van der Waals surface area contributed by atoms with Gasteiger partial charge in [0.1, 0.15) is 0 Å². The molecular formula is C21H20N2O3S. The summed E-state index contributed by atoms with van der Waals surface area (Å²) < 4.78 is 28.5. The molecule has 0 fully saturated rings. The quantitative estimate of drug-likeness (QED) is 0.305. The molecule has 3 aromatic carbocycles. The van der Waals surface area contributed by atoms with Crippen LogP contribution in [0, 0.1) is 12.1 Å². The minimum absolute atomic E-state index is 0.142. The molecule has 0 saturated heterocycles. The highest BCUT2D eigenvalue weighted by Gasteiger charge is 2.15. The second kappa shape index (κ2) is 8.05. The number of aryl methyl sites for hydroxylation is 1. The van der Waals surface area contributed by atoms with Crippen molar-refractivity contribution in [2.75, 3.05) is 4.72 Å². The number of nitrogens with one attached hydrogen (secondary N) is 1. The zero-order valence-corrected chi connectivity index (χ0v) is 15.7. The summed E-state index contributed by atoms with van der Waals surface area (Å²) in [5.41, 5.74) is 2.93. The number of hydrogen-bond donors (Lipinski definition) is 1. The molecule has 0 radical (unpaired) electrons. The van der Waals surface area contributed by atoms with Gasteiger partial charge in [-0.15, -0.1) is 0 Å². The van der Waals surface area contributed by atoms with Crippen LogP contribution in [-0.2, 0) is 16.6 Å². The molecule has 6 heteroatoms. The van der Waals surface area contributed by atoms with Crippen LogP contribution in [0.3, 0.4) is 0 Å². The standard InChI is InChI=1S/C21H20N2O3S/c1-17-7-5-6-10-21(17)22-27(25,26)20-13-11-19(12-14-20)16-23(24)15-18-8-3-2-4-9-18/h2-14,16,22H,15H2,1H3. The molecule has 0 aliphatic heterocycles. The third-order valence-electron chi connectivity index (χ3n) is 4.05. The highest BCUT2D eigenvalue weighted by Crippen LogP contribution is 2.19. The van der Waals surface area contributed by atoms with Crippen molar-refractivity contribution >= 4 is 21.9 Å². The average molecular weight is 380 g/mol. The molecule has 0 saturated carbocycles. The van der Waals surface area contributed by atoms with Crippen LogP contribution < -0.4 is 4.72 Å². The molecule has 0 heterocycles. The largest absolute Gasteiger partial charge is 0.624 e. The number of nitrogens with zero attached hydrogens (tertiary/aromatic N) is 1. The van der Waals surface area contributed by atoms with Crippen molar-refractivity contribution < 1.29 is 13.2 Å². The SMILES string of the molecule is Cc1ccccc1NS(=O)(=O)c1ccc(C=[N+]([O-])Cc2ccccc2)cc1. The summed E-state index contributed by atoms with van der Waals surface area (Å²) in [6.07, 6.45) is 1.44. The van der Waals surface area contributed by atoms with E-state index in [9.17, 15) is 13.6 Å². The number of para-hydroxylation sites is 1. The summed E-state index contributed by atoms with van der Waals surface area (Å²) in [6.45, 7) is 2.07. The molecule has 0 bridgehead atoms. The predicted octanol–water partition coefficient (Wildman–Crippen LogP) is 3.93. The van der Waals surface area contributed by atoms with Gasteiger partial charge in [0.25, 0.3) is 10.0 Å². The van der Waals surface area contributed by atoms with Crippen LogP contribution in [0.25, 0.3) is 0 Å². The zero-order chi connectivity index (χ0) is 19.3. The van der Waals surface area contributed by atoms with E-state index in [1.807, 2.05) is 49.4 Å². The first-order chi connectivity index (χ1) is 12.9. The average Bonchev–Trinajstić information content (AvgIpc) is 2.65. The lowest BCUT2D eigenvalue weighted by Gasteiger charge is -2.10. The Kier molecular flexibility index (Phi) is 5.57. The third kappa shape index (κ3) is 4.95. The van der Waals surface area contributed by atoms with Gasteiger partial charge in [-0.05, 0) is 42.8 Å². The Morgan fingerprint density at radius 3 is 2.22 bits per heavy atom. The van der Waals surface area contributed by atoms with Gasteiger partial charge in [-0.25, -0.2) is 13.2 Å². The first-order valence-corrected chi connectivity index (χ1v) is 9.93. The predicted molar refractivity (Wildman–Crippen MR) is 107 cm³/mol. The van der Waals surface area contributed by atoms with Gasteiger partial charge in [0.15, 0.2) is 12.8 Å². The summed E-state index contributed by atoms with van der Waals surface area (Å²) >= 11 is 0. The Balaban J connectivity index is 1.74. The maximum absolute atomic E-state index is 12.5. The monoisotopic (exact) mass is 380 g/mol. The topological polar surface area (TPSA) is 72.2 Å². The van der Waals surface area contributed by atoms with Crippen molar-refractivity contribution in [3.8, 4) is 0 Å². The van der Waals surface area contributed by atoms with Crippen LogP contribution >= 0.6 is 0 Å². The smallest absolute Gasteiger partial charge is 0.261 e. The molecule has 3 rings (SSSR count). The summed E-state index contributed by atoms with van der Waals surface area (Å²) in [5, 5.41) is 12.1. The molecule has 0 aromatic heterocycles. The molecule has 0 aliphatic carbocycles. The van der Waals surface area contributed by atoms with Crippen molar-refractivity contribution in [3.05, 3.63) is 101 Å². The minimum atomic E-state index is -3.69. The first-order valence-electron chi connectivity index (χ1n) is 8.45. The molecule has 0 unspecified atom stereocenters. The van der Waals surface area contributed by atoms with E-state index >= 15 is 0 Å². The van der Waals surface area contributed by atoms with Crippen LogP contribution in [0.1, 0.15) is 16.7 Å². The molecule has 27 heavy (non-hydrogen) atoms. The van der Waals surface area contributed by atoms with Crippen LogP contribution in [0.4, 0.5) is 5.69 Å². The van der Waals surface area contributed by atoms with Crippen LogP contribution in [0.2, 0.25) is 0 Å². The molecule has 5 nitrogen and oxygen atoms in total. The van der Waals surface area contributed by atoms with Gasteiger partial charge in [0.2, 0.25) is 0 Å². The Morgan fingerprint density at radius 2 is 1.56 bits per heavy atom. The number of anilines is 1. The Hall–Kier alpha value is -3.12. The number of rotatable bonds is 6. The van der Waals surface area contributed by atoms with Crippen molar-refractivity contribution in [2.24, 2.45) is 0 Å². The summed E-state index contributed by atoms with van der Waals surface area (Å²) in [6, 6.07) is 22.8. The molecule has 3 aromatic rings. The lowest BCUT2D eigenvalue weighted by atomic mass is 10.2. The van der Waals surface area contributed by atoms with Crippen LogP contribution in [0.15, 0.2) is 83.8 Å². The van der Waals surface area contributed by atoms with Gasteiger partial charge in [-0.3, -0.25) is 4.72 Å². The molecule has 0 amide bonds. The number of benzene rings is 3. The number of hydroxylamine groups is 1. The van der Waals surface area contributed by atoms with E-state index in [1.54, 1.807) is 24.3 Å². The van der Waals surface area contributed by atoms with Gasteiger partial charge >= 0.3 is 0 Å². The van der Waals surface area contributed by atoms with Crippen LogP contribution in [-0.4, -0.2) is 19.4 Å². The van der Waals surface area contributed by atoms with E-state index in [2.05, 4.69) is 4.72 Å². The van der Waals surface area contributed by atoms with Gasteiger partial charge in [-0.2, -0.15) is 0 Å². The summed E-state index contributed by atoms with van der Waals surface area (Å²) in [5.74, 6) is 0. The van der Waals surface area contributed by atoms with E-state index in [0.29, 0.717) is 11.3 Å². The maximum Gasteiger partial charge on any atom is 0.261 e. The van der Waals surface area contributed by atoms with E-state index < -0.39 is 10.0 Å². The lowest BCUT2D eigenvalue weighted by Crippen LogP contribution is -2.14. The minimum Gasteiger partial charge on any atom is -0.624 e. The Bertz CT molecular complexity index is 1040. The van der Waals surface area contributed by atoms with Crippen molar-refractivity contribution in [3.63, 3.8) is 0 Å². The summed E-state index contributed by atoms with van der Waals surface area (Å²) in [4.78, 5) is 0.142. The van der Waals surface area contributed by atoms with Gasteiger partial charge < -0.3 is 5.21 Å². The Labute approximate surface area is 159 Å². The zero-order valence-electron chi connectivity index (χ0n) is 14.9. The Morgan fingerprint density at radius 1 is 0.926 bits per heavy atom. The normalized spacial score (nSPS) is 12.0. The molecule has 0 spiro atoms. The molecular weight excluding hydrogens is 360 g/mol. The molecule has 0 aliphatic rings. The number of sulfonamides is 1. The summed E-state index contributed by atoms with van der Waals surface area (Å²) in [7, 11) is -3.69. The van der Waals surface area contributed by atoms with E-state index in [-0.39, 0.29) is 11.4 Å². The number of hydrogen-bond acceptors (Lipinski definition) is 3. The molecule has 138 valence electrons. The fourth-order valence-electron chi connectivity index (χ4n) is 2.60. The first kappa shape index (κ1) is 18.7. The van der Waals surface area contributed by atoms with Gasteiger partial charge in [-0.1, -0.05) is 48.5 Å². The third-order valence-corrected chi connectivity index (χ3v) is 5.44. The van der Waals surface area contributed by atoms with E-state index in [4.69, 9.17) is 0 Å². The second-order valence-corrected chi connectivity index (χ2v) is 7.86. The highest BCUT2D eigenvalue weighted by atomic mass is 32.2. The molecule has 0 atom stereocenters. The fraction of sp³-hybridized carbons (Fsp3) is 0.0952. The van der Waals surface area contributed by atoms with Crippen LogP contribution in [0.5, 0.6) is 0 Å². The van der Waals surface area contributed by atoms with Crippen molar-refractivity contribution in [2.45, 2.75) is 18.4 Å². The van der Waals surface area contributed by atoms with Crippen molar-refractivity contribution in [1.29, 1.82) is 0 Å². The maximum atomic E-state index is 12.5. The van der Waals surface area contributed by atoms with E-state index in [0.717, 1.165) is 15.9 Å².